The first-order valence-corrected chi connectivity index (χ1v) is 6.71. The molecule has 2 heterocycles. The van der Waals surface area contributed by atoms with E-state index in [1.54, 1.807) is 0 Å². The molecule has 4 N–H and O–H groups in total. The molecular weight excluding hydrogens is 242 g/mol. The van der Waals surface area contributed by atoms with Crippen molar-refractivity contribution < 1.29 is 9.53 Å². The quantitative estimate of drug-likeness (QED) is 0.722. The van der Waals surface area contributed by atoms with Gasteiger partial charge in [-0.25, -0.2) is 0 Å². The maximum absolute atomic E-state index is 11.3. The summed E-state index contributed by atoms with van der Waals surface area (Å²) < 4.78 is 5.54. The number of rotatable bonds is 3. The minimum Gasteiger partial charge on any atom is -0.397 e. The van der Waals surface area contributed by atoms with E-state index in [2.05, 4.69) is 17.6 Å². The summed E-state index contributed by atoms with van der Waals surface area (Å²) in [5, 5.41) is 6.22. The Bertz CT molecular complexity index is 516. The third-order valence-electron chi connectivity index (χ3n) is 3.99. The number of carbonyl (C=O) groups is 1. The number of hydrogen-bond acceptors (Lipinski definition) is 4. The lowest BCUT2D eigenvalue weighted by Gasteiger charge is -2.17. The summed E-state index contributed by atoms with van der Waals surface area (Å²) >= 11 is 0. The normalized spacial score (nSPS) is 25.2. The fraction of sp³-hybridized carbons (Fsp3) is 0.500. The van der Waals surface area contributed by atoms with Gasteiger partial charge in [0.15, 0.2) is 0 Å². The first-order valence-electron chi connectivity index (χ1n) is 6.71. The minimum absolute atomic E-state index is 0.0318. The summed E-state index contributed by atoms with van der Waals surface area (Å²) in [6, 6.07) is 3.81. The summed E-state index contributed by atoms with van der Waals surface area (Å²) in [6.45, 7) is 3.78. The largest absolute Gasteiger partial charge is 0.397 e. The van der Waals surface area contributed by atoms with Crippen LogP contribution >= 0.6 is 0 Å². The number of hydrogen-bond donors (Lipinski definition) is 3. The lowest BCUT2D eigenvalue weighted by Crippen LogP contribution is -2.21. The average molecular weight is 261 g/mol. The molecule has 2 unspecified atom stereocenters. The smallest absolute Gasteiger partial charge is 0.228 e. The molecule has 5 heteroatoms. The van der Waals surface area contributed by atoms with E-state index >= 15 is 0 Å². The molecule has 0 bridgehead atoms. The molecule has 2 aliphatic rings. The van der Waals surface area contributed by atoms with E-state index in [9.17, 15) is 4.79 Å². The van der Waals surface area contributed by atoms with Crippen LogP contribution in [-0.2, 0) is 16.0 Å². The molecule has 1 aromatic rings. The van der Waals surface area contributed by atoms with Gasteiger partial charge in [0, 0.05) is 24.8 Å². The van der Waals surface area contributed by atoms with Gasteiger partial charge in [-0.05, 0) is 31.0 Å². The number of ether oxygens (including phenoxy) is 1. The van der Waals surface area contributed by atoms with E-state index in [1.807, 2.05) is 12.1 Å². The SMILES string of the molecule is CC1OCCC1CNc1cc2c(cc1N)CC(=O)N2. The minimum atomic E-state index is 0.0318. The number of amides is 1. The molecule has 0 saturated carbocycles. The molecule has 1 aromatic carbocycles. The molecule has 1 fully saturated rings. The van der Waals surface area contributed by atoms with E-state index in [4.69, 9.17) is 10.5 Å². The van der Waals surface area contributed by atoms with Gasteiger partial charge in [-0.1, -0.05) is 0 Å². The van der Waals surface area contributed by atoms with Crippen molar-refractivity contribution >= 4 is 23.0 Å². The second kappa shape index (κ2) is 4.74. The molecule has 3 rings (SSSR count). The van der Waals surface area contributed by atoms with Gasteiger partial charge < -0.3 is 21.1 Å². The highest BCUT2D eigenvalue weighted by Gasteiger charge is 2.24. The van der Waals surface area contributed by atoms with Gasteiger partial charge in [0.05, 0.1) is 23.9 Å². The molecule has 0 spiro atoms. The van der Waals surface area contributed by atoms with Crippen molar-refractivity contribution in [3.8, 4) is 0 Å². The summed E-state index contributed by atoms with van der Waals surface area (Å²) in [5.74, 6) is 0.548. The van der Waals surface area contributed by atoms with Crippen molar-refractivity contribution in [2.75, 3.05) is 29.5 Å². The van der Waals surface area contributed by atoms with E-state index in [0.29, 0.717) is 24.1 Å². The van der Waals surface area contributed by atoms with Crippen molar-refractivity contribution in [2.24, 2.45) is 5.92 Å². The number of nitrogens with two attached hydrogens (primary N) is 1. The molecular formula is C14H19N3O2. The van der Waals surface area contributed by atoms with Crippen LogP contribution in [0.25, 0.3) is 0 Å². The van der Waals surface area contributed by atoms with Gasteiger partial charge in [-0.15, -0.1) is 0 Å². The fourth-order valence-electron chi connectivity index (χ4n) is 2.73. The van der Waals surface area contributed by atoms with Crippen molar-refractivity contribution in [3.05, 3.63) is 17.7 Å². The van der Waals surface area contributed by atoms with Crippen molar-refractivity contribution in [1.82, 2.24) is 0 Å². The van der Waals surface area contributed by atoms with E-state index in [1.165, 1.54) is 0 Å². The van der Waals surface area contributed by atoms with Crippen LogP contribution in [0.2, 0.25) is 0 Å². The van der Waals surface area contributed by atoms with Crippen LogP contribution in [0.1, 0.15) is 18.9 Å². The first kappa shape index (κ1) is 12.3. The monoisotopic (exact) mass is 261 g/mol. The molecule has 102 valence electrons. The lowest BCUT2D eigenvalue weighted by atomic mass is 10.0. The molecule has 0 aromatic heterocycles. The standard InChI is InChI=1S/C14H19N3O2/c1-8-9(2-3-19-8)7-16-13-6-12-10(4-11(13)15)5-14(18)17-12/h4,6,8-9,16H,2-3,5,7,15H2,1H3,(H,17,18). The average Bonchev–Trinajstić information content (AvgIpc) is 2.91. The summed E-state index contributed by atoms with van der Waals surface area (Å²) in [4.78, 5) is 11.3. The Labute approximate surface area is 112 Å². The van der Waals surface area contributed by atoms with Gasteiger partial charge in [0.1, 0.15) is 0 Å². The van der Waals surface area contributed by atoms with Gasteiger partial charge in [0.2, 0.25) is 5.91 Å². The van der Waals surface area contributed by atoms with Crippen LogP contribution in [0.5, 0.6) is 0 Å². The Balaban J connectivity index is 1.71. The van der Waals surface area contributed by atoms with E-state index in [-0.39, 0.29) is 5.91 Å². The summed E-state index contributed by atoms with van der Waals surface area (Å²) in [6.07, 6.45) is 1.80. The van der Waals surface area contributed by atoms with Crippen LogP contribution < -0.4 is 16.4 Å². The zero-order valence-corrected chi connectivity index (χ0v) is 11.0. The van der Waals surface area contributed by atoms with E-state index in [0.717, 1.165) is 36.5 Å². The third kappa shape index (κ3) is 2.38. The Kier molecular flexibility index (Phi) is 3.06. The van der Waals surface area contributed by atoms with Crippen LogP contribution in [0.3, 0.4) is 0 Å². The Hall–Kier alpha value is -1.75. The number of fused-ring (bicyclic) bond motifs is 1. The number of carbonyl (C=O) groups excluding carboxylic acids is 1. The number of nitrogens with one attached hydrogen (secondary N) is 2. The Morgan fingerprint density at radius 1 is 1.53 bits per heavy atom. The fourth-order valence-corrected chi connectivity index (χ4v) is 2.73. The van der Waals surface area contributed by atoms with Crippen LogP contribution in [0, 0.1) is 5.92 Å². The zero-order chi connectivity index (χ0) is 13.4. The highest BCUT2D eigenvalue weighted by molar-refractivity contribution is 6.00. The van der Waals surface area contributed by atoms with E-state index < -0.39 is 0 Å². The predicted molar refractivity (Wildman–Crippen MR) is 75.2 cm³/mol. The van der Waals surface area contributed by atoms with Crippen molar-refractivity contribution in [1.29, 1.82) is 0 Å². The lowest BCUT2D eigenvalue weighted by molar-refractivity contribution is -0.115. The highest BCUT2D eigenvalue weighted by Crippen LogP contribution is 2.32. The maximum atomic E-state index is 11.3. The second-order valence-corrected chi connectivity index (χ2v) is 5.33. The molecule has 1 saturated heterocycles. The summed E-state index contributed by atoms with van der Waals surface area (Å²) in [5.41, 5.74) is 9.46. The second-order valence-electron chi connectivity index (χ2n) is 5.33. The molecule has 19 heavy (non-hydrogen) atoms. The van der Waals surface area contributed by atoms with Crippen LogP contribution in [0.15, 0.2) is 12.1 Å². The van der Waals surface area contributed by atoms with Gasteiger partial charge in [-0.2, -0.15) is 0 Å². The molecule has 5 nitrogen and oxygen atoms in total. The predicted octanol–water partition coefficient (Wildman–Crippen LogP) is 1.60. The topological polar surface area (TPSA) is 76.4 Å². The summed E-state index contributed by atoms with van der Waals surface area (Å²) in [7, 11) is 0. The van der Waals surface area contributed by atoms with Crippen LogP contribution in [0.4, 0.5) is 17.1 Å². The van der Waals surface area contributed by atoms with Crippen molar-refractivity contribution in [2.45, 2.75) is 25.9 Å². The molecule has 0 aliphatic carbocycles. The Morgan fingerprint density at radius 2 is 2.37 bits per heavy atom. The van der Waals surface area contributed by atoms with Gasteiger partial charge in [-0.3, -0.25) is 4.79 Å². The number of benzene rings is 1. The maximum Gasteiger partial charge on any atom is 0.228 e. The highest BCUT2D eigenvalue weighted by atomic mass is 16.5. The molecule has 1 amide bonds. The van der Waals surface area contributed by atoms with Gasteiger partial charge in [0.25, 0.3) is 0 Å². The first-order chi connectivity index (χ1) is 9.13. The molecule has 0 radical (unpaired) electrons. The molecule has 2 atom stereocenters. The zero-order valence-electron chi connectivity index (χ0n) is 11.0. The van der Waals surface area contributed by atoms with Crippen molar-refractivity contribution in [3.63, 3.8) is 0 Å². The number of nitrogen functional groups attached to an aromatic ring is 1. The number of anilines is 3. The van der Waals surface area contributed by atoms with Gasteiger partial charge >= 0.3 is 0 Å². The molecule has 2 aliphatic heterocycles. The third-order valence-corrected chi connectivity index (χ3v) is 3.99. The Morgan fingerprint density at radius 3 is 3.11 bits per heavy atom. The van der Waals surface area contributed by atoms with Crippen LogP contribution in [-0.4, -0.2) is 25.2 Å².